The summed E-state index contributed by atoms with van der Waals surface area (Å²) < 4.78 is 80.8. The number of aromatic nitrogens is 12. The van der Waals surface area contributed by atoms with E-state index in [-0.39, 0.29) is 165 Å². The first-order chi connectivity index (χ1) is 68.2. The van der Waals surface area contributed by atoms with Crippen LogP contribution in [0.25, 0.3) is 95.3 Å². The first-order valence-corrected chi connectivity index (χ1v) is 47.9. The number of carbonyl (C=O) groups is 4. The molecule has 0 unspecified atom stereocenters. The monoisotopic (exact) mass is 1950 g/mol. The smallest absolute Gasteiger partial charge is 0.363 e. The number of fused-ring (bicyclic) bond motifs is 6. The zero-order valence-corrected chi connectivity index (χ0v) is 79.6. The summed E-state index contributed by atoms with van der Waals surface area (Å²) in [5, 5.41) is 33.8. The Kier molecular flexibility index (Phi) is 30.2. The number of carbonyl (C=O) groups excluding carboxylic acids is 4. The lowest BCUT2D eigenvalue weighted by molar-refractivity contribution is -0.172. The van der Waals surface area contributed by atoms with Gasteiger partial charge in [-0.3, -0.25) is 14.4 Å². The summed E-state index contributed by atoms with van der Waals surface area (Å²) in [4.78, 5) is 118. The lowest BCUT2D eigenvalue weighted by Crippen LogP contribution is -2.32. The second-order valence-corrected chi connectivity index (χ2v) is 36.6. The molecule has 10 heterocycles. The number of nitrogens with zero attached hydrogens (tertiary/aromatic N) is 16. The van der Waals surface area contributed by atoms with Gasteiger partial charge in [0.1, 0.15) is 88.9 Å². The van der Waals surface area contributed by atoms with Gasteiger partial charge in [0.15, 0.2) is 11.5 Å². The van der Waals surface area contributed by atoms with Crippen molar-refractivity contribution in [3.05, 3.63) is 266 Å². The minimum absolute atomic E-state index is 0.00499. The summed E-state index contributed by atoms with van der Waals surface area (Å²) in [6.45, 7) is 14.9. The Balaban J connectivity index is 0.502. The fourth-order valence-electron chi connectivity index (χ4n) is 15.6. The summed E-state index contributed by atoms with van der Waals surface area (Å²) >= 11 is 4.32. The molecular weight excluding hydrogens is 1860 g/mol. The number of ether oxygens (including phenoxy) is 9. The fraction of sp³-hybridized carbons (Fsp3) is 0.300. The highest BCUT2D eigenvalue weighted by molar-refractivity contribution is 7.22. The molecular formula is C100H97N17O20S3. The summed E-state index contributed by atoms with van der Waals surface area (Å²) in [7, 11) is 0. The van der Waals surface area contributed by atoms with E-state index in [1.807, 2.05) is 146 Å². The number of thiazole rings is 3. The Morgan fingerprint density at radius 2 is 0.750 bits per heavy atom. The van der Waals surface area contributed by atoms with E-state index in [2.05, 4.69) is 107 Å². The quantitative estimate of drug-likeness (QED) is 0.0210. The number of imide groups is 1. The largest absolute Gasteiger partial charge is 0.487 e. The lowest BCUT2D eigenvalue weighted by atomic mass is 10.1. The molecule has 17 aromatic rings. The molecule has 1 aliphatic heterocycles. The summed E-state index contributed by atoms with van der Waals surface area (Å²) in [5.74, 6) is -2.27. The van der Waals surface area contributed by atoms with E-state index in [1.54, 1.807) is 44.8 Å². The number of hydrogen-bond acceptors (Lipinski definition) is 35. The Hall–Kier alpha value is -14.9. The first kappa shape index (κ1) is 95.4. The zero-order chi connectivity index (χ0) is 96.7. The van der Waals surface area contributed by atoms with Crippen LogP contribution < -0.4 is 51.1 Å². The normalized spacial score (nSPS) is 12.4. The van der Waals surface area contributed by atoms with E-state index in [9.17, 15) is 33.6 Å². The van der Waals surface area contributed by atoms with Crippen molar-refractivity contribution in [1.29, 1.82) is 0 Å². The number of para-hydroxylation sites is 3. The van der Waals surface area contributed by atoms with Crippen LogP contribution in [0.1, 0.15) is 97.7 Å². The highest BCUT2D eigenvalue weighted by Gasteiger charge is 2.34. The molecule has 8 aromatic carbocycles. The van der Waals surface area contributed by atoms with Gasteiger partial charge in [-0.05, 0) is 162 Å². The zero-order valence-electron chi connectivity index (χ0n) is 77.2. The van der Waals surface area contributed by atoms with Crippen molar-refractivity contribution in [2.45, 2.75) is 119 Å². The predicted molar refractivity (Wildman–Crippen MR) is 525 cm³/mol. The van der Waals surface area contributed by atoms with Crippen LogP contribution in [0.3, 0.4) is 0 Å². The molecule has 140 heavy (non-hydrogen) atoms. The second-order valence-electron chi connectivity index (χ2n) is 33.5. The molecule has 0 radical (unpaired) electrons. The van der Waals surface area contributed by atoms with Crippen LogP contribution in [-0.2, 0) is 89.2 Å². The van der Waals surface area contributed by atoms with E-state index in [4.69, 9.17) is 60.7 Å². The Bertz CT molecular complexity index is 7140. The van der Waals surface area contributed by atoms with Crippen molar-refractivity contribution in [2.75, 3.05) is 94.0 Å². The van der Waals surface area contributed by atoms with Crippen LogP contribution in [0.5, 0.6) is 17.2 Å². The number of hydrogen-bond donors (Lipinski definition) is 1. The van der Waals surface area contributed by atoms with Gasteiger partial charge >= 0.3 is 22.8 Å². The predicted octanol–water partition coefficient (Wildman–Crippen LogP) is 15.2. The van der Waals surface area contributed by atoms with E-state index >= 15 is 0 Å². The number of amides is 3. The average molecular weight is 1950 g/mol. The van der Waals surface area contributed by atoms with Crippen LogP contribution in [0, 0.1) is 0 Å². The number of hydroxylamine groups is 2. The maximum absolute atomic E-state index is 14.4. The van der Waals surface area contributed by atoms with Gasteiger partial charge in [0.2, 0.25) is 5.75 Å². The van der Waals surface area contributed by atoms with Gasteiger partial charge in [0.25, 0.3) is 17.7 Å². The molecule has 1 aliphatic rings. The van der Waals surface area contributed by atoms with Gasteiger partial charge in [0, 0.05) is 94.5 Å². The van der Waals surface area contributed by atoms with Crippen LogP contribution in [0.2, 0.25) is 0 Å². The summed E-state index contributed by atoms with van der Waals surface area (Å²) in [6, 6.07) is 55.3. The van der Waals surface area contributed by atoms with E-state index < -0.39 is 40.6 Å². The van der Waals surface area contributed by atoms with Gasteiger partial charge in [-0.1, -0.05) is 64.2 Å². The molecule has 37 nitrogen and oxygen atoms in total. The van der Waals surface area contributed by atoms with Crippen LogP contribution in [-0.4, -0.2) is 186 Å². The minimum Gasteiger partial charge on any atom is -0.487 e. The van der Waals surface area contributed by atoms with Gasteiger partial charge in [-0.2, -0.15) is 0 Å². The average Bonchev–Trinajstić information content (AvgIpc) is 1.52. The number of benzene rings is 8. The molecule has 720 valence electrons. The van der Waals surface area contributed by atoms with Crippen molar-refractivity contribution in [1.82, 2.24) is 70.3 Å². The number of rotatable bonds is 47. The molecule has 0 atom stereocenters. The standard InChI is InChI=1S/C100H97N17O20S3/c1-61(2)114(73-26-23-66-43-76(98(122)134-82(66)48-73)94-102-79-13-7-10-16-87(79)138-94)55-70-52-111(108-105-70)58-128-34-31-125-37-40-131-85-46-69(93(120)101-51-64-19-21-65(22-20-64)97(121)137-117-90(118)29-30-91(117)119)47-86(132-41-38-126-32-35-129-59-112-53-71(106-109-112)56-115(62(3)4)74-27-24-67-44-77(99(123)135-83(67)49-74)95-103-80-14-8-11-17-88(80)139-95)92(85)133-42-39-127-33-36-130-60-113-54-72(107-110-113)57-116(63(5)6)75-28-25-68-45-78(100(124)136-84(68)50-75)96-104-81-15-9-12-18-89(81)140-96/h7-28,43-50,52-54,61-63H,29-42,51,55-60H2,1-6H3,(H,101,120). The molecule has 0 spiro atoms. The summed E-state index contributed by atoms with van der Waals surface area (Å²) in [5.41, 5.74) is 8.89. The van der Waals surface area contributed by atoms with Crippen molar-refractivity contribution in [3.63, 3.8) is 0 Å². The van der Waals surface area contributed by atoms with Crippen molar-refractivity contribution in [3.8, 4) is 49.0 Å². The molecule has 3 amide bonds. The topological polar surface area (TPSA) is 407 Å². The first-order valence-electron chi connectivity index (χ1n) is 45.4. The third-order valence-corrected chi connectivity index (χ3v) is 25.9. The molecule has 0 aliphatic carbocycles. The van der Waals surface area contributed by atoms with Crippen LogP contribution in [0.4, 0.5) is 17.1 Å². The number of anilines is 3. The van der Waals surface area contributed by atoms with Gasteiger partial charge in [-0.25, -0.2) is 48.2 Å². The van der Waals surface area contributed by atoms with E-state index in [0.717, 1.165) is 63.9 Å². The van der Waals surface area contributed by atoms with Gasteiger partial charge in [-0.15, -0.1) is 54.4 Å². The Morgan fingerprint density at radius 3 is 1.11 bits per heavy atom. The van der Waals surface area contributed by atoms with Gasteiger partial charge < -0.3 is 80.7 Å². The van der Waals surface area contributed by atoms with Crippen molar-refractivity contribution < 1.29 is 79.9 Å². The highest BCUT2D eigenvalue weighted by Crippen LogP contribution is 2.41. The third kappa shape index (κ3) is 23.2. The van der Waals surface area contributed by atoms with Crippen molar-refractivity contribution in [2.24, 2.45) is 0 Å². The third-order valence-electron chi connectivity index (χ3n) is 22.7. The fourth-order valence-corrected chi connectivity index (χ4v) is 18.5. The molecule has 1 fully saturated rings. The Morgan fingerprint density at radius 1 is 0.400 bits per heavy atom. The molecule has 1 saturated heterocycles. The molecule has 0 bridgehead atoms. The van der Waals surface area contributed by atoms with Crippen LogP contribution in [0.15, 0.2) is 228 Å². The summed E-state index contributed by atoms with van der Waals surface area (Å²) in [6.07, 6.45) is 5.29. The number of nitrogens with one attached hydrogen (secondary N) is 1. The van der Waals surface area contributed by atoms with Crippen molar-refractivity contribution >= 4 is 138 Å². The minimum atomic E-state index is -0.903. The Labute approximate surface area is 811 Å². The van der Waals surface area contributed by atoms with E-state index in [0.29, 0.717) is 95.8 Å². The molecule has 9 aromatic heterocycles. The SMILES string of the molecule is CC(C)N(Cc1cn(COCCOCCOc2cc(C(=O)NCc3ccc(C(=O)ON4C(=O)CCC4=O)cc3)cc(OCCOCCOCn3cc(CN(c4ccc5cc(-c6nc7ccccc7s6)c(=O)oc5c4)C(C)C)nn3)c2OCCOCCOCn2cc(CN(c3ccc4cc(-c5nc6ccccc6s5)c(=O)oc4c3)C(C)C)nn2)nn1)c1ccc2cc(-c3nc4ccccc4s3)c(=O)oc2c1. The second kappa shape index (κ2) is 44.3. The molecule has 40 heteroatoms. The molecule has 0 saturated carbocycles. The van der Waals surface area contributed by atoms with Gasteiger partial charge in [0.05, 0.1) is 151 Å². The maximum atomic E-state index is 14.4. The lowest BCUT2D eigenvalue weighted by Gasteiger charge is -2.28. The molecule has 18 rings (SSSR count). The van der Waals surface area contributed by atoms with Crippen LogP contribution >= 0.6 is 34.0 Å². The maximum Gasteiger partial charge on any atom is 0.363 e. The molecule has 1 N–H and O–H groups in total. The van der Waals surface area contributed by atoms with E-state index in [1.165, 1.54) is 58.3 Å². The highest BCUT2D eigenvalue weighted by atomic mass is 32.1.